The predicted molar refractivity (Wildman–Crippen MR) is 107 cm³/mol. The van der Waals surface area contributed by atoms with Crippen molar-refractivity contribution in [3.8, 4) is 0 Å². The van der Waals surface area contributed by atoms with Crippen LogP contribution >= 0.6 is 0 Å². The molecule has 138 valence electrons. The number of benzene rings is 2. The van der Waals surface area contributed by atoms with Gasteiger partial charge in [-0.2, -0.15) is 0 Å². The summed E-state index contributed by atoms with van der Waals surface area (Å²) in [6.45, 7) is 5.91. The number of rotatable bonds is 2. The van der Waals surface area contributed by atoms with Crippen molar-refractivity contribution in [2.75, 3.05) is 11.9 Å². The quantitative estimate of drug-likeness (QED) is 0.632. The van der Waals surface area contributed by atoms with Crippen LogP contribution in [0.25, 0.3) is 10.8 Å². The van der Waals surface area contributed by atoms with Gasteiger partial charge in [-0.15, -0.1) is 0 Å². The summed E-state index contributed by atoms with van der Waals surface area (Å²) in [5.41, 5.74) is 1.93. The van der Waals surface area contributed by atoms with Gasteiger partial charge in [0.25, 0.3) is 5.91 Å². The van der Waals surface area contributed by atoms with Crippen molar-refractivity contribution in [1.29, 1.82) is 0 Å². The monoisotopic (exact) mass is 361 g/mol. The van der Waals surface area contributed by atoms with Crippen LogP contribution in [0.2, 0.25) is 0 Å². The number of furan rings is 1. The second-order valence-corrected chi connectivity index (χ2v) is 8.16. The van der Waals surface area contributed by atoms with E-state index in [1.165, 1.54) is 0 Å². The number of anilines is 1. The van der Waals surface area contributed by atoms with Gasteiger partial charge in [-0.25, -0.2) is 0 Å². The van der Waals surface area contributed by atoms with Crippen molar-refractivity contribution in [2.45, 2.75) is 33.6 Å². The third kappa shape index (κ3) is 2.85. The van der Waals surface area contributed by atoms with Crippen molar-refractivity contribution in [1.82, 2.24) is 0 Å². The Morgan fingerprint density at radius 1 is 1.07 bits per heavy atom. The zero-order chi connectivity index (χ0) is 19.3. The first kappa shape index (κ1) is 17.5. The summed E-state index contributed by atoms with van der Waals surface area (Å²) < 4.78 is 5.95. The third-order valence-corrected chi connectivity index (χ3v) is 5.40. The first-order valence-corrected chi connectivity index (χ1v) is 9.20. The van der Waals surface area contributed by atoms with Crippen LogP contribution in [-0.2, 0) is 6.42 Å². The van der Waals surface area contributed by atoms with Gasteiger partial charge in [0.05, 0.1) is 11.3 Å². The fourth-order valence-electron chi connectivity index (χ4n) is 4.05. The molecule has 1 aliphatic rings. The maximum absolute atomic E-state index is 13.2. The van der Waals surface area contributed by atoms with Gasteiger partial charge in [0.2, 0.25) is 0 Å². The zero-order valence-electron chi connectivity index (χ0n) is 16.1. The molecule has 0 radical (unpaired) electrons. The SMILES string of the molecule is Cc1c(C(=O)N(C)c2cccc3ccccc23)oc2c1C(=O)CC(C)(C)C2. The summed E-state index contributed by atoms with van der Waals surface area (Å²) in [4.78, 5) is 27.4. The largest absolute Gasteiger partial charge is 0.455 e. The molecule has 0 spiro atoms. The highest BCUT2D eigenvalue weighted by Gasteiger charge is 2.37. The molecule has 4 nitrogen and oxygen atoms in total. The van der Waals surface area contributed by atoms with Gasteiger partial charge in [0.1, 0.15) is 5.76 Å². The second kappa shape index (κ2) is 6.08. The maximum Gasteiger partial charge on any atom is 0.294 e. The van der Waals surface area contributed by atoms with Crippen molar-refractivity contribution >= 4 is 28.2 Å². The molecule has 3 aromatic rings. The van der Waals surface area contributed by atoms with Crippen LogP contribution < -0.4 is 4.90 Å². The Kier molecular flexibility index (Phi) is 3.95. The van der Waals surface area contributed by atoms with Crippen molar-refractivity contribution < 1.29 is 14.0 Å². The molecule has 0 aliphatic heterocycles. The number of amides is 1. The lowest BCUT2D eigenvalue weighted by Gasteiger charge is -2.27. The molecule has 0 unspecified atom stereocenters. The average molecular weight is 361 g/mol. The van der Waals surface area contributed by atoms with Gasteiger partial charge in [0.15, 0.2) is 11.5 Å². The number of carbonyl (C=O) groups is 2. The zero-order valence-corrected chi connectivity index (χ0v) is 16.1. The molecule has 1 amide bonds. The van der Waals surface area contributed by atoms with Crippen LogP contribution in [0.15, 0.2) is 46.9 Å². The molecular weight excluding hydrogens is 338 g/mol. The van der Waals surface area contributed by atoms with Crippen molar-refractivity contribution in [2.24, 2.45) is 5.41 Å². The van der Waals surface area contributed by atoms with E-state index < -0.39 is 0 Å². The highest BCUT2D eigenvalue weighted by molar-refractivity contribution is 6.11. The van der Waals surface area contributed by atoms with Gasteiger partial charge >= 0.3 is 0 Å². The number of nitrogens with zero attached hydrogens (tertiary/aromatic N) is 1. The summed E-state index contributed by atoms with van der Waals surface area (Å²) in [6, 6.07) is 13.8. The van der Waals surface area contributed by atoms with Gasteiger partial charge in [-0.1, -0.05) is 50.2 Å². The summed E-state index contributed by atoms with van der Waals surface area (Å²) in [5.74, 6) is 0.739. The molecule has 2 aromatic carbocycles. The van der Waals surface area contributed by atoms with Crippen LogP contribution in [0.5, 0.6) is 0 Å². The Morgan fingerprint density at radius 2 is 1.78 bits per heavy atom. The topological polar surface area (TPSA) is 50.5 Å². The molecule has 0 fully saturated rings. The molecule has 0 bridgehead atoms. The molecule has 27 heavy (non-hydrogen) atoms. The Bertz CT molecular complexity index is 1070. The second-order valence-electron chi connectivity index (χ2n) is 8.16. The summed E-state index contributed by atoms with van der Waals surface area (Å²) in [7, 11) is 1.75. The molecule has 0 saturated carbocycles. The van der Waals surface area contributed by atoms with E-state index in [0.29, 0.717) is 29.7 Å². The van der Waals surface area contributed by atoms with Crippen LogP contribution in [0, 0.1) is 12.3 Å². The van der Waals surface area contributed by atoms with Gasteiger partial charge in [0, 0.05) is 30.8 Å². The summed E-state index contributed by atoms with van der Waals surface area (Å²) >= 11 is 0. The minimum atomic E-state index is -0.233. The fraction of sp³-hybridized carbons (Fsp3) is 0.304. The van der Waals surface area contributed by atoms with E-state index in [4.69, 9.17) is 4.42 Å². The molecule has 1 aromatic heterocycles. The molecule has 4 heteroatoms. The standard InChI is InChI=1S/C23H23NO3/c1-14-20-18(25)12-23(2,3)13-19(20)27-21(14)22(26)24(4)17-11-7-9-15-8-5-6-10-16(15)17/h5-11H,12-13H2,1-4H3. The van der Waals surface area contributed by atoms with Gasteiger partial charge < -0.3 is 9.32 Å². The number of ketones is 1. The van der Waals surface area contributed by atoms with Crippen LogP contribution in [0.4, 0.5) is 5.69 Å². The minimum absolute atomic E-state index is 0.0642. The third-order valence-electron chi connectivity index (χ3n) is 5.40. The van der Waals surface area contributed by atoms with E-state index in [-0.39, 0.29) is 22.9 Å². The normalized spacial score (nSPS) is 15.6. The first-order chi connectivity index (χ1) is 12.8. The van der Waals surface area contributed by atoms with Crippen molar-refractivity contribution in [3.63, 3.8) is 0 Å². The van der Waals surface area contributed by atoms with Gasteiger partial charge in [-0.05, 0) is 23.8 Å². The minimum Gasteiger partial charge on any atom is -0.455 e. The highest BCUT2D eigenvalue weighted by atomic mass is 16.4. The molecule has 0 N–H and O–H groups in total. The lowest BCUT2D eigenvalue weighted by Crippen LogP contribution is -2.27. The number of hydrogen-bond acceptors (Lipinski definition) is 3. The Labute approximate surface area is 158 Å². The predicted octanol–water partition coefficient (Wildman–Crippen LogP) is 5.17. The molecule has 1 heterocycles. The first-order valence-electron chi connectivity index (χ1n) is 9.20. The van der Waals surface area contributed by atoms with Crippen LogP contribution in [0.3, 0.4) is 0 Å². The molecule has 4 rings (SSSR count). The Morgan fingerprint density at radius 3 is 2.56 bits per heavy atom. The van der Waals surface area contributed by atoms with E-state index in [0.717, 1.165) is 16.5 Å². The van der Waals surface area contributed by atoms with E-state index in [1.54, 1.807) is 11.9 Å². The van der Waals surface area contributed by atoms with Crippen molar-refractivity contribution in [3.05, 3.63) is 65.1 Å². The van der Waals surface area contributed by atoms with E-state index in [9.17, 15) is 9.59 Å². The summed E-state index contributed by atoms with van der Waals surface area (Å²) in [6.07, 6.45) is 1.15. The van der Waals surface area contributed by atoms with E-state index in [2.05, 4.69) is 13.8 Å². The Hall–Kier alpha value is -2.88. The van der Waals surface area contributed by atoms with Gasteiger partial charge in [-0.3, -0.25) is 9.59 Å². The number of carbonyl (C=O) groups excluding carboxylic acids is 2. The fourth-order valence-corrected chi connectivity index (χ4v) is 4.05. The highest BCUT2D eigenvalue weighted by Crippen LogP contribution is 2.39. The number of hydrogen-bond donors (Lipinski definition) is 0. The Balaban J connectivity index is 1.76. The number of fused-ring (bicyclic) bond motifs is 2. The van der Waals surface area contributed by atoms with Crippen LogP contribution in [0.1, 0.15) is 52.5 Å². The number of Topliss-reactive ketones (excluding diaryl/α,β-unsaturated/α-hetero) is 1. The molecular formula is C23H23NO3. The molecule has 0 atom stereocenters. The lowest BCUT2D eigenvalue weighted by atomic mass is 9.76. The smallest absolute Gasteiger partial charge is 0.294 e. The van der Waals surface area contributed by atoms with Crippen LogP contribution in [-0.4, -0.2) is 18.7 Å². The van der Waals surface area contributed by atoms with E-state index >= 15 is 0 Å². The maximum atomic E-state index is 13.2. The van der Waals surface area contributed by atoms with E-state index in [1.807, 2.05) is 49.4 Å². The summed E-state index contributed by atoms with van der Waals surface area (Å²) in [5, 5.41) is 2.07. The molecule has 1 aliphatic carbocycles. The lowest BCUT2D eigenvalue weighted by molar-refractivity contribution is 0.0896. The average Bonchev–Trinajstić information content (AvgIpc) is 2.95. The molecule has 0 saturated heterocycles.